The van der Waals surface area contributed by atoms with E-state index in [1.807, 2.05) is 6.07 Å². The molecule has 1 aromatic heterocycles. The minimum atomic E-state index is 0.320. The second-order valence-corrected chi connectivity index (χ2v) is 4.76. The zero-order chi connectivity index (χ0) is 12.3. The van der Waals surface area contributed by atoms with Crippen LogP contribution in [0.15, 0.2) is 10.6 Å². The number of likely N-dealkylation sites (tertiary alicyclic amines) is 1. The Morgan fingerprint density at radius 2 is 2.47 bits per heavy atom. The zero-order valence-electron chi connectivity index (χ0n) is 10.6. The van der Waals surface area contributed by atoms with Crippen LogP contribution in [0, 0.1) is 5.92 Å². The van der Waals surface area contributed by atoms with E-state index >= 15 is 0 Å². The molecule has 0 radical (unpaired) electrons. The Balaban J connectivity index is 1.90. The van der Waals surface area contributed by atoms with Crippen molar-refractivity contribution in [3.05, 3.63) is 17.5 Å². The molecule has 96 valence electrons. The summed E-state index contributed by atoms with van der Waals surface area (Å²) in [5.74, 6) is 1.51. The summed E-state index contributed by atoms with van der Waals surface area (Å²) in [6.45, 7) is 5.50. The molecule has 1 aliphatic heterocycles. The summed E-state index contributed by atoms with van der Waals surface area (Å²) in [5.41, 5.74) is 6.32. The number of piperidine rings is 1. The lowest BCUT2D eigenvalue weighted by Crippen LogP contribution is -2.43. The van der Waals surface area contributed by atoms with Gasteiger partial charge in [0.15, 0.2) is 5.76 Å². The van der Waals surface area contributed by atoms with E-state index in [-0.39, 0.29) is 0 Å². The zero-order valence-corrected chi connectivity index (χ0v) is 10.6. The van der Waals surface area contributed by atoms with Crippen molar-refractivity contribution in [1.29, 1.82) is 0 Å². The van der Waals surface area contributed by atoms with Gasteiger partial charge in [0.2, 0.25) is 0 Å². The minimum absolute atomic E-state index is 0.320. The molecule has 2 heterocycles. The van der Waals surface area contributed by atoms with Crippen LogP contribution in [0.1, 0.15) is 24.8 Å². The summed E-state index contributed by atoms with van der Waals surface area (Å²) in [6.07, 6.45) is 1.48. The third-order valence-corrected chi connectivity index (χ3v) is 3.47. The summed E-state index contributed by atoms with van der Waals surface area (Å²) in [7, 11) is 1.78. The first-order chi connectivity index (χ1) is 8.22. The lowest BCUT2D eigenvalue weighted by atomic mass is 9.96. The van der Waals surface area contributed by atoms with Crippen LogP contribution in [-0.4, -0.2) is 36.4 Å². The quantitative estimate of drug-likeness (QED) is 0.849. The van der Waals surface area contributed by atoms with Crippen molar-refractivity contribution in [3.63, 3.8) is 0 Å². The van der Waals surface area contributed by atoms with Gasteiger partial charge in [-0.3, -0.25) is 4.90 Å². The van der Waals surface area contributed by atoms with E-state index in [0.717, 1.165) is 37.5 Å². The van der Waals surface area contributed by atoms with Crippen LogP contribution in [0.4, 0.5) is 0 Å². The van der Waals surface area contributed by atoms with Crippen molar-refractivity contribution in [3.8, 4) is 0 Å². The highest BCUT2D eigenvalue weighted by Gasteiger charge is 2.26. The van der Waals surface area contributed by atoms with Crippen molar-refractivity contribution in [2.45, 2.75) is 32.5 Å². The Labute approximate surface area is 102 Å². The average molecular weight is 239 g/mol. The molecule has 5 nitrogen and oxygen atoms in total. The summed E-state index contributed by atoms with van der Waals surface area (Å²) < 4.78 is 10.7. The van der Waals surface area contributed by atoms with Crippen molar-refractivity contribution >= 4 is 0 Å². The summed E-state index contributed by atoms with van der Waals surface area (Å²) >= 11 is 0. The fourth-order valence-corrected chi connectivity index (χ4v) is 2.30. The maximum absolute atomic E-state index is 5.50. The van der Waals surface area contributed by atoms with Gasteiger partial charge in [-0.05, 0) is 18.9 Å². The third-order valence-electron chi connectivity index (χ3n) is 3.47. The Morgan fingerprint density at radius 1 is 1.65 bits per heavy atom. The van der Waals surface area contributed by atoms with Crippen LogP contribution in [0.3, 0.4) is 0 Å². The topological polar surface area (TPSA) is 64.5 Å². The van der Waals surface area contributed by atoms with Crippen LogP contribution >= 0.6 is 0 Å². The monoisotopic (exact) mass is 239 g/mol. The lowest BCUT2D eigenvalue weighted by Gasteiger charge is -2.35. The fraction of sp³-hybridized carbons (Fsp3) is 0.750. The van der Waals surface area contributed by atoms with Crippen molar-refractivity contribution in [2.24, 2.45) is 11.7 Å². The molecule has 2 rings (SSSR count). The highest BCUT2D eigenvalue weighted by atomic mass is 16.5. The molecular formula is C12H21N3O2. The fourth-order valence-electron chi connectivity index (χ4n) is 2.30. The standard InChI is InChI=1S/C12H21N3O2/c1-9-3-4-15(8-12(9)16-2)7-11-5-10(6-13)14-17-11/h5,9,12H,3-4,6-8,13H2,1-2H3. The van der Waals surface area contributed by atoms with Gasteiger partial charge < -0.3 is 15.0 Å². The predicted molar refractivity (Wildman–Crippen MR) is 64.2 cm³/mol. The largest absolute Gasteiger partial charge is 0.380 e. The second-order valence-electron chi connectivity index (χ2n) is 4.76. The molecule has 0 saturated carbocycles. The molecule has 0 bridgehead atoms. The Hall–Kier alpha value is -0.910. The Kier molecular flexibility index (Phi) is 4.15. The van der Waals surface area contributed by atoms with Gasteiger partial charge >= 0.3 is 0 Å². The van der Waals surface area contributed by atoms with Gasteiger partial charge in [-0.15, -0.1) is 0 Å². The number of nitrogens with two attached hydrogens (primary N) is 1. The van der Waals surface area contributed by atoms with Crippen molar-refractivity contribution < 1.29 is 9.26 Å². The van der Waals surface area contributed by atoms with Crippen molar-refractivity contribution in [2.75, 3.05) is 20.2 Å². The van der Waals surface area contributed by atoms with E-state index in [0.29, 0.717) is 18.6 Å². The summed E-state index contributed by atoms with van der Waals surface area (Å²) in [6, 6.07) is 1.93. The van der Waals surface area contributed by atoms with Crippen LogP contribution < -0.4 is 5.73 Å². The number of methoxy groups -OCH3 is 1. The van der Waals surface area contributed by atoms with Crippen LogP contribution in [0.2, 0.25) is 0 Å². The number of hydrogen-bond donors (Lipinski definition) is 1. The van der Waals surface area contributed by atoms with Gasteiger partial charge in [0.25, 0.3) is 0 Å². The Morgan fingerprint density at radius 3 is 3.12 bits per heavy atom. The number of rotatable bonds is 4. The molecule has 0 spiro atoms. The van der Waals surface area contributed by atoms with Gasteiger partial charge in [-0.2, -0.15) is 0 Å². The van der Waals surface area contributed by atoms with E-state index in [9.17, 15) is 0 Å². The highest BCUT2D eigenvalue weighted by Crippen LogP contribution is 2.21. The predicted octanol–water partition coefficient (Wildman–Crippen LogP) is 0.990. The molecule has 2 atom stereocenters. The van der Waals surface area contributed by atoms with Gasteiger partial charge in [0.1, 0.15) is 0 Å². The van der Waals surface area contributed by atoms with E-state index in [1.165, 1.54) is 0 Å². The first-order valence-corrected chi connectivity index (χ1v) is 6.12. The first kappa shape index (κ1) is 12.5. The number of ether oxygens (including phenoxy) is 1. The molecular weight excluding hydrogens is 218 g/mol. The van der Waals surface area contributed by atoms with E-state index in [2.05, 4.69) is 17.0 Å². The maximum Gasteiger partial charge on any atom is 0.151 e. The van der Waals surface area contributed by atoms with E-state index in [1.54, 1.807) is 7.11 Å². The molecule has 0 aliphatic carbocycles. The summed E-state index contributed by atoms with van der Waals surface area (Å²) in [5, 5.41) is 3.90. The molecule has 1 aliphatic rings. The Bertz CT molecular complexity index is 353. The molecule has 0 aromatic carbocycles. The van der Waals surface area contributed by atoms with Gasteiger partial charge in [0, 0.05) is 26.3 Å². The number of aromatic nitrogens is 1. The molecule has 0 amide bonds. The smallest absolute Gasteiger partial charge is 0.151 e. The SMILES string of the molecule is COC1CN(Cc2cc(CN)no2)CCC1C. The molecule has 1 saturated heterocycles. The van der Waals surface area contributed by atoms with Crippen molar-refractivity contribution in [1.82, 2.24) is 10.1 Å². The number of hydrogen-bond acceptors (Lipinski definition) is 5. The van der Waals surface area contributed by atoms with Crippen LogP contribution in [0.25, 0.3) is 0 Å². The van der Waals surface area contributed by atoms with Crippen LogP contribution in [-0.2, 0) is 17.8 Å². The first-order valence-electron chi connectivity index (χ1n) is 6.12. The molecule has 1 fully saturated rings. The van der Waals surface area contributed by atoms with E-state index < -0.39 is 0 Å². The molecule has 17 heavy (non-hydrogen) atoms. The maximum atomic E-state index is 5.50. The molecule has 1 aromatic rings. The lowest BCUT2D eigenvalue weighted by molar-refractivity contribution is -0.00961. The minimum Gasteiger partial charge on any atom is -0.380 e. The highest BCUT2D eigenvalue weighted by molar-refractivity contribution is 5.05. The van der Waals surface area contributed by atoms with Gasteiger partial charge in [-0.1, -0.05) is 12.1 Å². The van der Waals surface area contributed by atoms with Crippen LogP contribution in [0.5, 0.6) is 0 Å². The van der Waals surface area contributed by atoms with Gasteiger partial charge in [-0.25, -0.2) is 0 Å². The molecule has 5 heteroatoms. The molecule has 2 N–H and O–H groups in total. The normalized spacial score (nSPS) is 26.3. The third kappa shape index (κ3) is 3.06. The number of nitrogens with zero attached hydrogens (tertiary/aromatic N) is 2. The molecule has 2 unspecified atom stereocenters. The van der Waals surface area contributed by atoms with E-state index in [4.69, 9.17) is 15.0 Å². The second kappa shape index (κ2) is 5.62. The van der Waals surface area contributed by atoms with Gasteiger partial charge in [0.05, 0.1) is 18.3 Å². The summed E-state index contributed by atoms with van der Waals surface area (Å²) in [4.78, 5) is 2.34. The average Bonchev–Trinajstić information content (AvgIpc) is 2.79.